The van der Waals surface area contributed by atoms with Gasteiger partial charge in [0.15, 0.2) is 0 Å². The van der Waals surface area contributed by atoms with E-state index in [9.17, 15) is 8.42 Å². The van der Waals surface area contributed by atoms with Crippen LogP contribution in [-0.4, -0.2) is 27.7 Å². The Hall–Kier alpha value is -0.950. The number of benzene rings is 1. The molecule has 0 aliphatic rings. The highest BCUT2D eigenvalue weighted by molar-refractivity contribution is 7.89. The number of ether oxygens (including phenoxy) is 1. The Labute approximate surface area is 108 Å². The lowest BCUT2D eigenvalue weighted by molar-refractivity contribution is 0.0882. The SMILES string of the molecule is COC(C)C(C)NCc1ccc(S(N)(=O)=O)cc1. The van der Waals surface area contributed by atoms with Crippen LogP contribution in [0.1, 0.15) is 19.4 Å². The molecule has 2 unspecified atom stereocenters. The first-order valence-electron chi connectivity index (χ1n) is 5.72. The Bertz CT molecular complexity index is 471. The van der Waals surface area contributed by atoms with Gasteiger partial charge in [0, 0.05) is 19.7 Å². The highest BCUT2D eigenvalue weighted by Crippen LogP contribution is 2.09. The summed E-state index contributed by atoms with van der Waals surface area (Å²) in [5.41, 5.74) is 0.998. The van der Waals surface area contributed by atoms with Gasteiger partial charge in [-0.05, 0) is 31.5 Å². The van der Waals surface area contributed by atoms with Crippen LogP contribution in [0.4, 0.5) is 0 Å². The van der Waals surface area contributed by atoms with Crippen LogP contribution in [0.15, 0.2) is 29.2 Å². The zero-order valence-corrected chi connectivity index (χ0v) is 11.7. The van der Waals surface area contributed by atoms with Crippen molar-refractivity contribution in [3.63, 3.8) is 0 Å². The number of sulfonamides is 1. The normalized spacial score (nSPS) is 15.3. The van der Waals surface area contributed by atoms with Crippen LogP contribution < -0.4 is 10.5 Å². The number of rotatable bonds is 6. The summed E-state index contributed by atoms with van der Waals surface area (Å²) in [7, 11) is -1.94. The second-order valence-electron chi connectivity index (χ2n) is 4.30. The molecule has 0 aromatic heterocycles. The average molecular weight is 272 g/mol. The van der Waals surface area contributed by atoms with E-state index >= 15 is 0 Å². The fraction of sp³-hybridized carbons (Fsp3) is 0.500. The Morgan fingerprint density at radius 2 is 1.83 bits per heavy atom. The number of hydrogen-bond acceptors (Lipinski definition) is 4. The summed E-state index contributed by atoms with van der Waals surface area (Å²) in [6.07, 6.45) is 0.119. The van der Waals surface area contributed by atoms with Crippen LogP contribution in [-0.2, 0) is 21.3 Å². The molecule has 0 saturated carbocycles. The molecule has 18 heavy (non-hydrogen) atoms. The Kier molecular flexibility index (Phi) is 5.28. The molecule has 5 nitrogen and oxygen atoms in total. The lowest BCUT2D eigenvalue weighted by atomic mass is 10.2. The van der Waals surface area contributed by atoms with E-state index in [1.165, 1.54) is 12.1 Å². The third kappa shape index (κ3) is 4.38. The summed E-state index contributed by atoms with van der Waals surface area (Å²) in [4.78, 5) is 0.129. The lowest BCUT2D eigenvalue weighted by Gasteiger charge is -2.19. The molecule has 1 aromatic carbocycles. The van der Waals surface area contributed by atoms with Crippen molar-refractivity contribution >= 4 is 10.0 Å². The zero-order chi connectivity index (χ0) is 13.8. The second-order valence-corrected chi connectivity index (χ2v) is 5.86. The summed E-state index contributed by atoms with van der Waals surface area (Å²) in [6, 6.07) is 6.73. The summed E-state index contributed by atoms with van der Waals surface area (Å²) < 4.78 is 27.4. The molecule has 0 aliphatic heterocycles. The maximum atomic E-state index is 11.1. The van der Waals surface area contributed by atoms with Gasteiger partial charge in [0.25, 0.3) is 0 Å². The quantitative estimate of drug-likeness (QED) is 0.804. The van der Waals surface area contributed by atoms with Gasteiger partial charge in [0.2, 0.25) is 10.0 Å². The van der Waals surface area contributed by atoms with E-state index in [-0.39, 0.29) is 17.0 Å². The van der Waals surface area contributed by atoms with Crippen molar-refractivity contribution in [2.45, 2.75) is 37.4 Å². The smallest absolute Gasteiger partial charge is 0.238 e. The lowest BCUT2D eigenvalue weighted by Crippen LogP contribution is -2.36. The summed E-state index contributed by atoms with van der Waals surface area (Å²) >= 11 is 0. The molecule has 3 N–H and O–H groups in total. The first-order chi connectivity index (χ1) is 8.34. The number of methoxy groups -OCH3 is 1. The number of hydrogen-bond donors (Lipinski definition) is 2. The summed E-state index contributed by atoms with van der Waals surface area (Å²) in [5.74, 6) is 0. The van der Waals surface area contributed by atoms with E-state index in [0.29, 0.717) is 6.54 Å². The molecule has 0 amide bonds. The van der Waals surface area contributed by atoms with Crippen molar-refractivity contribution in [1.29, 1.82) is 0 Å². The molecule has 102 valence electrons. The first kappa shape index (κ1) is 15.1. The standard InChI is InChI=1S/C12H20N2O3S/c1-9(10(2)17-3)14-8-11-4-6-12(7-5-11)18(13,15)16/h4-7,9-10,14H,8H2,1-3H3,(H2,13,15,16). The fourth-order valence-electron chi connectivity index (χ4n) is 1.45. The topological polar surface area (TPSA) is 81.4 Å². The molecule has 0 fully saturated rings. The van der Waals surface area contributed by atoms with Crippen molar-refractivity contribution in [3.05, 3.63) is 29.8 Å². The highest BCUT2D eigenvalue weighted by atomic mass is 32.2. The molecule has 0 spiro atoms. The average Bonchev–Trinajstić information content (AvgIpc) is 2.34. The van der Waals surface area contributed by atoms with Crippen molar-refractivity contribution in [2.24, 2.45) is 5.14 Å². The van der Waals surface area contributed by atoms with Crippen molar-refractivity contribution in [3.8, 4) is 0 Å². The number of nitrogens with one attached hydrogen (secondary N) is 1. The molecule has 2 atom stereocenters. The van der Waals surface area contributed by atoms with Gasteiger partial charge in [0.05, 0.1) is 11.0 Å². The molecule has 0 heterocycles. The molecular formula is C12H20N2O3S. The van der Waals surface area contributed by atoms with E-state index in [0.717, 1.165) is 5.56 Å². The van der Waals surface area contributed by atoms with E-state index < -0.39 is 10.0 Å². The van der Waals surface area contributed by atoms with Gasteiger partial charge in [0.1, 0.15) is 0 Å². The van der Waals surface area contributed by atoms with Gasteiger partial charge >= 0.3 is 0 Å². The minimum Gasteiger partial charge on any atom is -0.380 e. The maximum absolute atomic E-state index is 11.1. The summed E-state index contributed by atoms with van der Waals surface area (Å²) in [6.45, 7) is 4.68. The van der Waals surface area contributed by atoms with Crippen LogP contribution in [0.5, 0.6) is 0 Å². The van der Waals surface area contributed by atoms with Gasteiger partial charge < -0.3 is 10.1 Å². The number of nitrogens with two attached hydrogens (primary N) is 1. The minimum atomic E-state index is -3.61. The van der Waals surface area contributed by atoms with Gasteiger partial charge in [-0.15, -0.1) is 0 Å². The van der Waals surface area contributed by atoms with Crippen LogP contribution in [0.2, 0.25) is 0 Å². The molecule has 0 radical (unpaired) electrons. The van der Waals surface area contributed by atoms with Crippen LogP contribution in [0.3, 0.4) is 0 Å². The van der Waals surface area contributed by atoms with Gasteiger partial charge in [-0.25, -0.2) is 13.6 Å². The van der Waals surface area contributed by atoms with Crippen LogP contribution in [0, 0.1) is 0 Å². The van der Waals surface area contributed by atoms with Crippen molar-refractivity contribution in [1.82, 2.24) is 5.32 Å². The monoisotopic (exact) mass is 272 g/mol. The van der Waals surface area contributed by atoms with E-state index in [1.54, 1.807) is 19.2 Å². The largest absolute Gasteiger partial charge is 0.380 e. The Balaban J connectivity index is 2.60. The first-order valence-corrected chi connectivity index (χ1v) is 7.27. The highest BCUT2D eigenvalue weighted by Gasteiger charge is 2.10. The molecular weight excluding hydrogens is 252 g/mol. The predicted molar refractivity (Wildman–Crippen MR) is 70.6 cm³/mol. The zero-order valence-electron chi connectivity index (χ0n) is 10.9. The minimum absolute atomic E-state index is 0.119. The molecule has 0 saturated heterocycles. The maximum Gasteiger partial charge on any atom is 0.238 e. The van der Waals surface area contributed by atoms with Gasteiger partial charge in [-0.2, -0.15) is 0 Å². The third-order valence-electron chi connectivity index (χ3n) is 2.96. The molecule has 1 rings (SSSR count). The van der Waals surface area contributed by atoms with Crippen LogP contribution >= 0.6 is 0 Å². The molecule has 0 aliphatic carbocycles. The second kappa shape index (κ2) is 6.29. The molecule has 6 heteroatoms. The Morgan fingerprint density at radius 3 is 2.28 bits per heavy atom. The van der Waals surface area contributed by atoms with Gasteiger partial charge in [-0.3, -0.25) is 0 Å². The van der Waals surface area contributed by atoms with Crippen molar-refractivity contribution < 1.29 is 13.2 Å². The molecule has 0 bridgehead atoms. The predicted octanol–water partition coefficient (Wildman–Crippen LogP) is 0.847. The Morgan fingerprint density at radius 1 is 1.28 bits per heavy atom. The van der Waals surface area contributed by atoms with Gasteiger partial charge in [-0.1, -0.05) is 12.1 Å². The third-order valence-corrected chi connectivity index (χ3v) is 3.89. The molecule has 1 aromatic rings. The fourth-order valence-corrected chi connectivity index (χ4v) is 1.96. The van der Waals surface area contributed by atoms with Crippen LogP contribution in [0.25, 0.3) is 0 Å². The number of primary sulfonamides is 1. The van der Waals surface area contributed by atoms with E-state index in [1.807, 2.05) is 13.8 Å². The van der Waals surface area contributed by atoms with E-state index in [4.69, 9.17) is 9.88 Å². The summed E-state index contributed by atoms with van der Waals surface area (Å²) in [5, 5.41) is 8.33. The van der Waals surface area contributed by atoms with Crippen molar-refractivity contribution in [2.75, 3.05) is 7.11 Å². The van der Waals surface area contributed by atoms with E-state index in [2.05, 4.69) is 5.32 Å².